The van der Waals surface area contributed by atoms with E-state index in [1.165, 1.54) is 0 Å². The summed E-state index contributed by atoms with van der Waals surface area (Å²) in [6.07, 6.45) is 5.11. The summed E-state index contributed by atoms with van der Waals surface area (Å²) in [5.74, 6) is 1.26. The van der Waals surface area contributed by atoms with Crippen LogP contribution < -0.4 is 9.80 Å². The fourth-order valence-electron chi connectivity index (χ4n) is 5.08. The van der Waals surface area contributed by atoms with Gasteiger partial charge in [-0.25, -0.2) is 9.97 Å². The van der Waals surface area contributed by atoms with Crippen LogP contribution in [0.4, 0.5) is 11.5 Å². The molecule has 3 heterocycles. The Morgan fingerprint density at radius 1 is 1.18 bits per heavy atom. The van der Waals surface area contributed by atoms with Crippen molar-refractivity contribution in [3.63, 3.8) is 0 Å². The number of fused-ring (bicyclic) bond motifs is 2. The second-order valence-electron chi connectivity index (χ2n) is 8.81. The molecule has 2 aliphatic rings. The van der Waals surface area contributed by atoms with Crippen molar-refractivity contribution in [1.29, 1.82) is 5.26 Å². The number of hydrogen-bond donors (Lipinski definition) is 0. The van der Waals surface area contributed by atoms with Crippen molar-refractivity contribution < 1.29 is 4.21 Å². The summed E-state index contributed by atoms with van der Waals surface area (Å²) in [6, 6.07) is 14.5. The Labute approximate surface area is 201 Å². The van der Waals surface area contributed by atoms with E-state index in [-0.39, 0.29) is 0 Å². The molecule has 0 radical (unpaired) electrons. The van der Waals surface area contributed by atoms with Gasteiger partial charge in [-0.2, -0.15) is 5.26 Å². The second kappa shape index (κ2) is 9.28. The zero-order valence-corrected chi connectivity index (χ0v) is 20.2. The minimum Gasteiger partial charge on any atom is -0.365 e. The first kappa shape index (κ1) is 22.1. The van der Waals surface area contributed by atoms with Crippen LogP contribution >= 0.6 is 11.6 Å². The zero-order chi connectivity index (χ0) is 22.9. The first-order valence-electron chi connectivity index (χ1n) is 11.3. The molecule has 0 spiro atoms. The van der Waals surface area contributed by atoms with Gasteiger partial charge in [0, 0.05) is 48.9 Å². The molecule has 0 bridgehead atoms. The van der Waals surface area contributed by atoms with Crippen molar-refractivity contribution in [3.8, 4) is 6.07 Å². The highest BCUT2D eigenvalue weighted by Crippen LogP contribution is 2.37. The predicted octanol–water partition coefficient (Wildman–Crippen LogP) is 4.71. The molecule has 6 nitrogen and oxygen atoms in total. The summed E-state index contributed by atoms with van der Waals surface area (Å²) < 4.78 is 12.4. The standard InChI is InChI=1S/C25H26ClN5OS/c1-33(32)25-28-21-16-30(22-9-3-7-18-6-2-8-20(26)23(18)22)14-11-19(21)24(29-25)31-13-4-5-17(15-31)10-12-27/h2-3,6-9,17H,4-5,10-11,13-16H2,1H3/t17-,33?/m0/s1. The minimum atomic E-state index is -1.28. The Kier molecular flexibility index (Phi) is 6.22. The van der Waals surface area contributed by atoms with Crippen LogP contribution in [0.5, 0.6) is 0 Å². The van der Waals surface area contributed by atoms with Gasteiger partial charge in [-0.15, -0.1) is 0 Å². The summed E-state index contributed by atoms with van der Waals surface area (Å²) in [4.78, 5) is 14.1. The van der Waals surface area contributed by atoms with Gasteiger partial charge in [0.15, 0.2) is 0 Å². The molecule has 1 saturated heterocycles. The Morgan fingerprint density at radius 3 is 2.79 bits per heavy atom. The lowest BCUT2D eigenvalue weighted by Gasteiger charge is -2.37. The molecule has 170 valence electrons. The maximum atomic E-state index is 12.4. The second-order valence-corrected chi connectivity index (χ2v) is 10.5. The van der Waals surface area contributed by atoms with Gasteiger partial charge in [-0.3, -0.25) is 4.21 Å². The summed E-state index contributed by atoms with van der Waals surface area (Å²) >= 11 is 6.59. The van der Waals surface area contributed by atoms with E-state index in [1.54, 1.807) is 6.26 Å². The topological polar surface area (TPSA) is 73.1 Å². The number of halogens is 1. The number of nitriles is 1. The van der Waals surface area contributed by atoms with E-state index >= 15 is 0 Å². The Hall–Kier alpha value is -2.69. The van der Waals surface area contributed by atoms with Crippen LogP contribution in [0.2, 0.25) is 5.02 Å². The van der Waals surface area contributed by atoms with Crippen LogP contribution in [-0.2, 0) is 23.8 Å². The van der Waals surface area contributed by atoms with Crippen LogP contribution in [-0.4, -0.2) is 40.1 Å². The van der Waals surface area contributed by atoms with Crippen LogP contribution in [0.15, 0.2) is 41.6 Å². The van der Waals surface area contributed by atoms with E-state index in [9.17, 15) is 4.21 Å². The highest BCUT2D eigenvalue weighted by atomic mass is 35.5. The third-order valence-electron chi connectivity index (χ3n) is 6.65. The van der Waals surface area contributed by atoms with Crippen LogP contribution in [0.3, 0.4) is 0 Å². The van der Waals surface area contributed by atoms with Gasteiger partial charge < -0.3 is 9.80 Å². The highest BCUT2D eigenvalue weighted by molar-refractivity contribution is 7.84. The van der Waals surface area contributed by atoms with Crippen molar-refractivity contribution in [3.05, 3.63) is 52.7 Å². The van der Waals surface area contributed by atoms with Crippen molar-refractivity contribution in [2.75, 3.05) is 35.7 Å². The predicted molar refractivity (Wildman–Crippen MR) is 133 cm³/mol. The molecule has 0 N–H and O–H groups in total. The number of nitrogens with zero attached hydrogens (tertiary/aromatic N) is 5. The molecule has 1 unspecified atom stereocenters. The lowest BCUT2D eigenvalue weighted by Crippen LogP contribution is -2.39. The first-order chi connectivity index (χ1) is 16.0. The number of rotatable bonds is 4. The number of piperidine rings is 1. The number of anilines is 2. The number of hydrogen-bond acceptors (Lipinski definition) is 6. The van der Waals surface area contributed by atoms with Gasteiger partial charge >= 0.3 is 0 Å². The molecular formula is C25H26ClN5OS. The Balaban J connectivity index is 1.54. The fourth-order valence-corrected chi connectivity index (χ4v) is 5.81. The van der Waals surface area contributed by atoms with Crippen molar-refractivity contribution in [2.24, 2.45) is 5.92 Å². The minimum absolute atomic E-state index is 0.350. The molecule has 1 aromatic heterocycles. The van der Waals surface area contributed by atoms with E-state index in [2.05, 4.69) is 40.1 Å². The van der Waals surface area contributed by atoms with E-state index in [1.807, 2.05) is 12.1 Å². The van der Waals surface area contributed by atoms with Crippen molar-refractivity contribution >= 4 is 44.7 Å². The van der Waals surface area contributed by atoms with Gasteiger partial charge in [-0.05, 0) is 42.7 Å². The maximum Gasteiger partial charge on any atom is 0.220 e. The average Bonchev–Trinajstić information content (AvgIpc) is 2.83. The summed E-state index contributed by atoms with van der Waals surface area (Å²) in [6.45, 7) is 3.17. The van der Waals surface area contributed by atoms with Crippen molar-refractivity contribution in [1.82, 2.24) is 9.97 Å². The SMILES string of the molecule is CS(=O)c1nc2c(c(N3CCC[C@@H](CC#N)C3)n1)CCN(c1cccc3cccc(Cl)c13)C2. The van der Waals surface area contributed by atoms with Crippen LogP contribution in [0.25, 0.3) is 10.8 Å². The molecule has 5 rings (SSSR count). The normalized spacial score (nSPS) is 19.2. The quantitative estimate of drug-likeness (QED) is 0.504. The highest BCUT2D eigenvalue weighted by Gasteiger charge is 2.29. The van der Waals surface area contributed by atoms with E-state index < -0.39 is 10.8 Å². The average molecular weight is 480 g/mol. The molecule has 0 amide bonds. The smallest absolute Gasteiger partial charge is 0.220 e. The Morgan fingerprint density at radius 2 is 2.00 bits per heavy atom. The van der Waals surface area contributed by atoms with E-state index in [0.717, 1.165) is 77.5 Å². The van der Waals surface area contributed by atoms with Crippen molar-refractivity contribution in [2.45, 2.75) is 37.4 Å². The van der Waals surface area contributed by atoms with E-state index in [4.69, 9.17) is 26.8 Å². The third kappa shape index (κ3) is 4.30. The Bertz CT molecular complexity index is 1270. The zero-order valence-electron chi connectivity index (χ0n) is 18.6. The van der Waals surface area contributed by atoms with Crippen LogP contribution in [0, 0.1) is 17.2 Å². The van der Waals surface area contributed by atoms with E-state index in [0.29, 0.717) is 24.0 Å². The maximum absolute atomic E-state index is 12.4. The van der Waals surface area contributed by atoms with Gasteiger partial charge in [-0.1, -0.05) is 35.9 Å². The lowest BCUT2D eigenvalue weighted by molar-refractivity contribution is 0.418. The monoisotopic (exact) mass is 479 g/mol. The molecule has 0 aliphatic carbocycles. The first-order valence-corrected chi connectivity index (χ1v) is 13.3. The summed E-state index contributed by atoms with van der Waals surface area (Å²) in [5, 5.41) is 12.4. The molecule has 8 heteroatoms. The van der Waals surface area contributed by atoms with Gasteiger partial charge in [0.1, 0.15) is 5.82 Å². The molecule has 1 fully saturated rings. The molecule has 2 aliphatic heterocycles. The molecule has 3 aromatic rings. The number of aromatic nitrogens is 2. The van der Waals surface area contributed by atoms with Gasteiger partial charge in [0.25, 0.3) is 0 Å². The van der Waals surface area contributed by atoms with Gasteiger partial charge in [0.05, 0.1) is 34.1 Å². The fraction of sp³-hybridized carbons (Fsp3) is 0.400. The largest absolute Gasteiger partial charge is 0.365 e. The molecule has 2 atom stereocenters. The summed E-state index contributed by atoms with van der Waals surface area (Å²) in [7, 11) is -1.28. The molecular weight excluding hydrogens is 454 g/mol. The molecule has 33 heavy (non-hydrogen) atoms. The number of benzene rings is 2. The third-order valence-corrected chi connectivity index (χ3v) is 7.66. The van der Waals surface area contributed by atoms with Gasteiger partial charge in [0.2, 0.25) is 5.16 Å². The summed E-state index contributed by atoms with van der Waals surface area (Å²) in [5.41, 5.74) is 3.17. The molecule has 2 aromatic carbocycles. The molecule has 0 saturated carbocycles. The lowest BCUT2D eigenvalue weighted by atomic mass is 9.94. The van der Waals surface area contributed by atoms with Crippen LogP contribution in [0.1, 0.15) is 30.5 Å².